The largest absolute Gasteiger partial charge is 1.00 e. The molecule has 3 heteroatoms. The normalized spacial score (nSPS) is 3.60. The van der Waals surface area contributed by atoms with E-state index in [0.717, 1.165) is 0 Å². The Kier molecular flexibility index (Phi) is 66.9. The molecule has 0 saturated carbocycles. The molecule has 0 bridgehead atoms. The van der Waals surface area contributed by atoms with Gasteiger partial charge in [-0.2, -0.15) is 0 Å². The van der Waals surface area contributed by atoms with Gasteiger partial charge in [0.15, 0.2) is 0 Å². The van der Waals surface area contributed by atoms with E-state index in [1.807, 2.05) is 14.1 Å². The first-order valence-electron chi connectivity index (χ1n) is 1.00. The SMILES string of the molecule is CNC.[Ag+].[Cl-]. The van der Waals surface area contributed by atoms with Gasteiger partial charge in [0.1, 0.15) is 0 Å². The number of nitrogens with one attached hydrogen (secondary N) is 1. The van der Waals surface area contributed by atoms with Crippen LogP contribution in [-0.2, 0) is 22.4 Å². The van der Waals surface area contributed by atoms with Crippen LogP contribution in [0.15, 0.2) is 0 Å². The second-order valence-corrected chi connectivity index (χ2v) is 0.500. The van der Waals surface area contributed by atoms with Crippen LogP contribution in [0.4, 0.5) is 0 Å². The molecule has 0 aromatic heterocycles. The molecule has 0 aliphatic heterocycles. The first-order valence-corrected chi connectivity index (χ1v) is 1.00. The number of rotatable bonds is 0. The molecule has 0 saturated heterocycles. The summed E-state index contributed by atoms with van der Waals surface area (Å²) in [7, 11) is 3.75. The fraction of sp³-hybridized carbons (Fsp3) is 1.00. The minimum atomic E-state index is 0. The third-order valence-electron chi connectivity index (χ3n) is 0. The van der Waals surface area contributed by atoms with Gasteiger partial charge in [0.25, 0.3) is 0 Å². The topological polar surface area (TPSA) is 12.0 Å². The number of halogens is 1. The molecule has 0 radical (unpaired) electrons. The molecule has 0 rings (SSSR count). The van der Waals surface area contributed by atoms with E-state index in [0.29, 0.717) is 0 Å². The quantitative estimate of drug-likeness (QED) is 0.396. The van der Waals surface area contributed by atoms with E-state index in [-0.39, 0.29) is 34.8 Å². The van der Waals surface area contributed by atoms with E-state index in [4.69, 9.17) is 0 Å². The van der Waals surface area contributed by atoms with Crippen LogP contribution in [0.5, 0.6) is 0 Å². The minimum Gasteiger partial charge on any atom is -1.00 e. The Labute approximate surface area is 54.4 Å². The molecule has 1 N–H and O–H groups in total. The second-order valence-electron chi connectivity index (χ2n) is 0.500. The third-order valence-corrected chi connectivity index (χ3v) is 0. The molecule has 0 aliphatic rings. The summed E-state index contributed by atoms with van der Waals surface area (Å²) in [5.41, 5.74) is 0. The van der Waals surface area contributed by atoms with Gasteiger partial charge in [0, 0.05) is 0 Å². The Balaban J connectivity index is -0.0000000200. The zero-order valence-corrected chi connectivity index (χ0v) is 5.42. The van der Waals surface area contributed by atoms with Crippen LogP contribution in [0.2, 0.25) is 0 Å². The van der Waals surface area contributed by atoms with Crippen LogP contribution in [0.1, 0.15) is 0 Å². The van der Waals surface area contributed by atoms with Crippen molar-refractivity contribution in [2.24, 2.45) is 0 Å². The van der Waals surface area contributed by atoms with Crippen molar-refractivity contribution in [2.75, 3.05) is 14.1 Å². The summed E-state index contributed by atoms with van der Waals surface area (Å²) in [5, 5.41) is 2.75. The summed E-state index contributed by atoms with van der Waals surface area (Å²) in [4.78, 5) is 0. The van der Waals surface area contributed by atoms with Crippen LogP contribution >= 0.6 is 0 Å². The van der Waals surface area contributed by atoms with Gasteiger partial charge in [0.05, 0.1) is 0 Å². The van der Waals surface area contributed by atoms with Crippen LogP contribution in [0, 0.1) is 0 Å². The predicted octanol–water partition coefficient (Wildman–Crippen LogP) is -3.16. The zero-order chi connectivity index (χ0) is 2.71. The molecule has 0 fully saturated rings. The number of hydrogen-bond donors (Lipinski definition) is 1. The maximum atomic E-state index is 2.75. The summed E-state index contributed by atoms with van der Waals surface area (Å²) in [5.74, 6) is 0. The maximum absolute atomic E-state index is 2.75. The van der Waals surface area contributed by atoms with Gasteiger partial charge in [-0.05, 0) is 14.1 Å². The molecule has 0 atom stereocenters. The van der Waals surface area contributed by atoms with Crippen molar-refractivity contribution >= 4 is 0 Å². The van der Waals surface area contributed by atoms with Gasteiger partial charge in [-0.3, -0.25) is 0 Å². The molecule has 0 aliphatic carbocycles. The molecular formula is C2H7AgClN. The molecule has 38 valence electrons. The molecule has 0 unspecified atom stereocenters. The van der Waals surface area contributed by atoms with Crippen molar-refractivity contribution in [1.29, 1.82) is 0 Å². The first kappa shape index (κ1) is 16.7. The summed E-state index contributed by atoms with van der Waals surface area (Å²) in [6.45, 7) is 0. The van der Waals surface area contributed by atoms with Gasteiger partial charge >= 0.3 is 22.4 Å². The van der Waals surface area contributed by atoms with Gasteiger partial charge in [0.2, 0.25) is 0 Å². The standard InChI is InChI=1S/C2H7N.Ag.ClH/c1-3-2;;/h3H,1-2H3;;1H/q;+1;/p-1. The maximum Gasteiger partial charge on any atom is 1.00 e. The third kappa shape index (κ3) is 45.5. The van der Waals surface area contributed by atoms with E-state index in [1.54, 1.807) is 0 Å². The van der Waals surface area contributed by atoms with E-state index in [2.05, 4.69) is 5.32 Å². The summed E-state index contributed by atoms with van der Waals surface area (Å²) < 4.78 is 0. The van der Waals surface area contributed by atoms with E-state index < -0.39 is 0 Å². The van der Waals surface area contributed by atoms with Gasteiger partial charge in [-0.15, -0.1) is 0 Å². The van der Waals surface area contributed by atoms with Crippen molar-refractivity contribution in [3.05, 3.63) is 0 Å². The van der Waals surface area contributed by atoms with E-state index in [1.165, 1.54) is 0 Å². The van der Waals surface area contributed by atoms with Gasteiger partial charge in [-0.1, -0.05) is 0 Å². The molecule has 1 nitrogen and oxygen atoms in total. The first-order chi connectivity index (χ1) is 1.41. The zero-order valence-electron chi connectivity index (χ0n) is 3.18. The van der Waals surface area contributed by atoms with Crippen LogP contribution in [-0.4, -0.2) is 14.1 Å². The summed E-state index contributed by atoms with van der Waals surface area (Å²) >= 11 is 0. The fourth-order valence-corrected chi connectivity index (χ4v) is 0. The Morgan fingerprint density at radius 3 is 1.20 bits per heavy atom. The molecule has 0 amide bonds. The molecule has 0 aromatic carbocycles. The van der Waals surface area contributed by atoms with Gasteiger partial charge in [-0.25, -0.2) is 0 Å². The molecule has 0 aromatic rings. The predicted molar refractivity (Wildman–Crippen MR) is 15.0 cm³/mol. The van der Waals surface area contributed by atoms with Crippen molar-refractivity contribution < 1.29 is 34.8 Å². The fourth-order valence-electron chi connectivity index (χ4n) is 0. The van der Waals surface area contributed by atoms with Crippen molar-refractivity contribution in [2.45, 2.75) is 0 Å². The van der Waals surface area contributed by atoms with Crippen LogP contribution in [0.3, 0.4) is 0 Å². The minimum absolute atomic E-state index is 0. The average Bonchev–Trinajstić information content (AvgIpc) is 0.918. The van der Waals surface area contributed by atoms with Crippen molar-refractivity contribution in [3.63, 3.8) is 0 Å². The molecule has 0 heterocycles. The van der Waals surface area contributed by atoms with E-state index in [9.17, 15) is 0 Å². The Bertz CT molecular complexity index is 9.61. The Morgan fingerprint density at radius 2 is 1.20 bits per heavy atom. The Morgan fingerprint density at radius 1 is 1.20 bits per heavy atom. The van der Waals surface area contributed by atoms with Crippen molar-refractivity contribution in [3.8, 4) is 0 Å². The summed E-state index contributed by atoms with van der Waals surface area (Å²) in [6.07, 6.45) is 0. The smallest absolute Gasteiger partial charge is 1.00 e. The average molecular weight is 188 g/mol. The van der Waals surface area contributed by atoms with Crippen LogP contribution < -0.4 is 17.7 Å². The molecular weight excluding hydrogens is 181 g/mol. The van der Waals surface area contributed by atoms with Crippen LogP contribution in [0.25, 0.3) is 0 Å². The van der Waals surface area contributed by atoms with Gasteiger partial charge < -0.3 is 17.7 Å². The molecule has 0 spiro atoms. The van der Waals surface area contributed by atoms with E-state index >= 15 is 0 Å². The molecule has 5 heavy (non-hydrogen) atoms. The number of hydrogen-bond acceptors (Lipinski definition) is 1. The second kappa shape index (κ2) is 20.1. The Hall–Kier alpha value is 0.990. The summed E-state index contributed by atoms with van der Waals surface area (Å²) in [6, 6.07) is 0. The van der Waals surface area contributed by atoms with Crippen molar-refractivity contribution in [1.82, 2.24) is 5.32 Å². The monoisotopic (exact) mass is 187 g/mol.